The van der Waals surface area contributed by atoms with Crippen LogP contribution in [0.1, 0.15) is 0 Å². The first-order valence-corrected chi connectivity index (χ1v) is 4.07. The SMILES string of the molecule is Cl.Cl.Cl.Cl.Cl.Cl.c1ccc(-c2ccccc2)cc1. The maximum absolute atomic E-state index is 2.12. The quantitative estimate of drug-likeness (QED) is 0.586. The molecule has 0 N–H and O–H groups in total. The van der Waals surface area contributed by atoms with Crippen molar-refractivity contribution in [2.24, 2.45) is 0 Å². The van der Waals surface area contributed by atoms with Crippen molar-refractivity contribution in [3.05, 3.63) is 60.7 Å². The van der Waals surface area contributed by atoms with Crippen LogP contribution in [0.3, 0.4) is 0 Å². The first kappa shape index (κ1) is 30.9. The minimum Gasteiger partial charge on any atom is -0.147 e. The predicted octanol–water partition coefficient (Wildman–Crippen LogP) is 5.88. The molecule has 0 radical (unpaired) electrons. The molecule has 0 fully saturated rings. The molecule has 0 aliphatic carbocycles. The van der Waals surface area contributed by atoms with Gasteiger partial charge in [-0.15, -0.1) is 74.4 Å². The normalized spacial score (nSPS) is 6.44. The fourth-order valence-corrected chi connectivity index (χ4v) is 1.26. The maximum Gasteiger partial charge on any atom is -0.0184 e. The molecule has 0 unspecified atom stereocenters. The molecule has 0 aliphatic heterocycles. The molecule has 2 rings (SSSR count). The van der Waals surface area contributed by atoms with E-state index in [-0.39, 0.29) is 74.4 Å². The lowest BCUT2D eigenvalue weighted by Gasteiger charge is -1.98. The van der Waals surface area contributed by atoms with Gasteiger partial charge in [0.1, 0.15) is 0 Å². The van der Waals surface area contributed by atoms with Crippen molar-refractivity contribution in [1.82, 2.24) is 0 Å². The summed E-state index contributed by atoms with van der Waals surface area (Å²) in [5.41, 5.74) is 2.55. The number of hydrogen-bond donors (Lipinski definition) is 0. The Morgan fingerprint density at radius 2 is 0.556 bits per heavy atom. The highest BCUT2D eigenvalue weighted by atomic mass is 35.5. The Bertz CT molecular complexity index is 314. The Morgan fingerprint density at radius 3 is 0.778 bits per heavy atom. The summed E-state index contributed by atoms with van der Waals surface area (Å²) in [6.45, 7) is 0. The third kappa shape index (κ3) is 9.16. The summed E-state index contributed by atoms with van der Waals surface area (Å²) >= 11 is 0. The van der Waals surface area contributed by atoms with E-state index in [4.69, 9.17) is 0 Å². The first-order valence-electron chi connectivity index (χ1n) is 4.07. The van der Waals surface area contributed by atoms with Gasteiger partial charge in [0.15, 0.2) is 0 Å². The van der Waals surface area contributed by atoms with E-state index in [1.807, 2.05) is 12.1 Å². The summed E-state index contributed by atoms with van der Waals surface area (Å²) in [7, 11) is 0. The Hall–Kier alpha value is 0.180. The van der Waals surface area contributed by atoms with Gasteiger partial charge in [-0.25, -0.2) is 0 Å². The Labute approximate surface area is 145 Å². The molecule has 6 heteroatoms. The average molecular weight is 373 g/mol. The molecule has 0 heterocycles. The minimum atomic E-state index is 0. The van der Waals surface area contributed by atoms with Gasteiger partial charge in [0.25, 0.3) is 0 Å². The van der Waals surface area contributed by atoms with Gasteiger partial charge in [0, 0.05) is 0 Å². The summed E-state index contributed by atoms with van der Waals surface area (Å²) < 4.78 is 0. The third-order valence-electron chi connectivity index (χ3n) is 1.88. The maximum atomic E-state index is 2.12. The Morgan fingerprint density at radius 1 is 0.333 bits per heavy atom. The van der Waals surface area contributed by atoms with E-state index in [1.54, 1.807) is 0 Å². The molecule has 106 valence electrons. The van der Waals surface area contributed by atoms with Crippen LogP contribution in [0.15, 0.2) is 60.7 Å². The number of benzene rings is 2. The summed E-state index contributed by atoms with van der Waals surface area (Å²) in [5.74, 6) is 0. The topological polar surface area (TPSA) is 0 Å². The monoisotopic (exact) mass is 370 g/mol. The van der Waals surface area contributed by atoms with Crippen LogP contribution in [0.5, 0.6) is 0 Å². The molecule has 18 heavy (non-hydrogen) atoms. The average Bonchev–Trinajstić information content (AvgIpc) is 2.21. The highest BCUT2D eigenvalue weighted by molar-refractivity contribution is 5.86. The third-order valence-corrected chi connectivity index (χ3v) is 1.88. The number of halogens is 6. The van der Waals surface area contributed by atoms with E-state index in [9.17, 15) is 0 Å². The Balaban J connectivity index is -0.0000000939. The molecule has 2 aromatic carbocycles. The van der Waals surface area contributed by atoms with Crippen molar-refractivity contribution in [2.45, 2.75) is 0 Å². The minimum absolute atomic E-state index is 0. The zero-order valence-electron chi connectivity index (χ0n) is 9.22. The van der Waals surface area contributed by atoms with Crippen LogP contribution in [0.2, 0.25) is 0 Å². The van der Waals surface area contributed by atoms with Crippen LogP contribution < -0.4 is 0 Å². The largest absolute Gasteiger partial charge is 0.147 e. The highest BCUT2D eigenvalue weighted by Gasteiger charge is 1.91. The summed E-state index contributed by atoms with van der Waals surface area (Å²) in [5, 5.41) is 0. The molecule has 0 aromatic heterocycles. The molecule has 0 aliphatic rings. The fourth-order valence-electron chi connectivity index (χ4n) is 1.26. The van der Waals surface area contributed by atoms with E-state index in [0.717, 1.165) is 0 Å². The van der Waals surface area contributed by atoms with Gasteiger partial charge in [0.2, 0.25) is 0 Å². The molecule has 0 amide bonds. The molecular weight excluding hydrogens is 357 g/mol. The van der Waals surface area contributed by atoms with E-state index in [2.05, 4.69) is 48.5 Å². The van der Waals surface area contributed by atoms with Gasteiger partial charge in [-0.1, -0.05) is 60.7 Å². The van der Waals surface area contributed by atoms with Crippen LogP contribution >= 0.6 is 74.4 Å². The second-order valence-electron chi connectivity index (χ2n) is 2.73. The van der Waals surface area contributed by atoms with E-state index in [1.165, 1.54) is 11.1 Å². The summed E-state index contributed by atoms with van der Waals surface area (Å²) in [6, 6.07) is 20.8. The van der Waals surface area contributed by atoms with Crippen molar-refractivity contribution in [3.63, 3.8) is 0 Å². The van der Waals surface area contributed by atoms with Crippen molar-refractivity contribution in [2.75, 3.05) is 0 Å². The molecule has 0 spiro atoms. The van der Waals surface area contributed by atoms with Gasteiger partial charge in [-0.2, -0.15) is 0 Å². The van der Waals surface area contributed by atoms with Gasteiger partial charge in [0.05, 0.1) is 0 Å². The standard InChI is InChI=1S/C12H10.6ClH/c1-3-7-11(8-4-1)12-9-5-2-6-10-12;;;;;;/h1-10H;6*1H. The first-order chi connectivity index (χ1) is 5.97. The smallest absolute Gasteiger partial charge is 0.0184 e. The molecular formula is C12H16Cl6. The van der Waals surface area contributed by atoms with Gasteiger partial charge >= 0.3 is 0 Å². The molecule has 0 saturated carbocycles. The van der Waals surface area contributed by atoms with E-state index >= 15 is 0 Å². The zero-order chi connectivity index (χ0) is 8.23. The zero-order valence-corrected chi connectivity index (χ0v) is 14.1. The second kappa shape index (κ2) is 17.2. The number of hydrogen-bond acceptors (Lipinski definition) is 0. The van der Waals surface area contributed by atoms with Crippen molar-refractivity contribution in [3.8, 4) is 11.1 Å². The Kier molecular flexibility index (Phi) is 29.5. The molecule has 2 aromatic rings. The molecule has 0 bridgehead atoms. The number of rotatable bonds is 1. The van der Waals surface area contributed by atoms with Crippen LogP contribution in [-0.2, 0) is 0 Å². The highest BCUT2D eigenvalue weighted by Crippen LogP contribution is 2.17. The van der Waals surface area contributed by atoms with E-state index in [0.29, 0.717) is 0 Å². The molecule has 0 nitrogen and oxygen atoms in total. The van der Waals surface area contributed by atoms with Crippen molar-refractivity contribution < 1.29 is 0 Å². The summed E-state index contributed by atoms with van der Waals surface area (Å²) in [4.78, 5) is 0. The molecule has 0 saturated heterocycles. The summed E-state index contributed by atoms with van der Waals surface area (Å²) in [6.07, 6.45) is 0. The van der Waals surface area contributed by atoms with Crippen molar-refractivity contribution >= 4 is 74.4 Å². The van der Waals surface area contributed by atoms with Crippen LogP contribution in [0, 0.1) is 0 Å². The van der Waals surface area contributed by atoms with Gasteiger partial charge < -0.3 is 0 Å². The van der Waals surface area contributed by atoms with Crippen LogP contribution in [-0.4, -0.2) is 0 Å². The fraction of sp³-hybridized carbons (Fsp3) is 0. The predicted molar refractivity (Wildman–Crippen MR) is 95.4 cm³/mol. The van der Waals surface area contributed by atoms with Gasteiger partial charge in [-0.05, 0) is 11.1 Å². The van der Waals surface area contributed by atoms with Crippen molar-refractivity contribution in [1.29, 1.82) is 0 Å². The van der Waals surface area contributed by atoms with Crippen LogP contribution in [0.25, 0.3) is 11.1 Å². The van der Waals surface area contributed by atoms with E-state index < -0.39 is 0 Å². The lowest BCUT2D eigenvalue weighted by Crippen LogP contribution is -1.73. The van der Waals surface area contributed by atoms with Gasteiger partial charge in [-0.3, -0.25) is 0 Å². The lowest BCUT2D eigenvalue weighted by atomic mass is 10.1. The second-order valence-corrected chi connectivity index (χ2v) is 2.73. The molecule has 0 atom stereocenters. The lowest BCUT2D eigenvalue weighted by molar-refractivity contribution is 1.62. The van der Waals surface area contributed by atoms with Crippen LogP contribution in [0.4, 0.5) is 0 Å².